The van der Waals surface area contributed by atoms with E-state index < -0.39 is 39.6 Å². The summed E-state index contributed by atoms with van der Waals surface area (Å²) < 4.78 is 66.9. The Kier molecular flexibility index (Phi) is 6.17. The number of hydrogen-bond donors (Lipinski definition) is 3. The number of carboxylic acids is 1. The number of carbonyl (C=O) groups excluding carboxylic acids is 1. The Labute approximate surface area is 203 Å². The van der Waals surface area contributed by atoms with Crippen LogP contribution in [0.2, 0.25) is 0 Å². The molecule has 0 atom stereocenters. The molecule has 1 aliphatic rings. The number of carboxylic acid groups (broad SMARTS) is 1. The Morgan fingerprint density at radius 2 is 1.78 bits per heavy atom. The van der Waals surface area contributed by atoms with Gasteiger partial charge in [-0.3, -0.25) is 4.79 Å². The number of H-pyrrole nitrogens is 1. The molecule has 4 rings (SSSR count). The monoisotopic (exact) mass is 520 g/mol. The van der Waals surface area contributed by atoms with Crippen LogP contribution in [-0.4, -0.2) is 36.7 Å². The van der Waals surface area contributed by atoms with Crippen LogP contribution >= 0.6 is 0 Å². The number of nitrogens with one attached hydrogen (secondary N) is 2. The van der Waals surface area contributed by atoms with Gasteiger partial charge in [-0.1, -0.05) is 12.1 Å². The first-order chi connectivity index (χ1) is 16.7. The topological polar surface area (TPSA) is 126 Å². The Bertz CT molecular complexity index is 1520. The lowest BCUT2D eigenvalue weighted by molar-refractivity contribution is -0.274. The molecule has 0 aliphatic carbocycles. The average Bonchev–Trinajstić information content (AvgIpc) is 3.23. The fourth-order valence-electron chi connectivity index (χ4n) is 3.98. The summed E-state index contributed by atoms with van der Waals surface area (Å²) in [6.07, 6.45) is -3.40. The Hall–Kier alpha value is -4.06. The van der Waals surface area contributed by atoms with Gasteiger partial charge in [0, 0.05) is 22.6 Å². The third kappa shape index (κ3) is 4.98. The van der Waals surface area contributed by atoms with Gasteiger partial charge in [-0.2, -0.15) is 0 Å². The largest absolute Gasteiger partial charge is 0.573 e. The second-order valence-electron chi connectivity index (χ2n) is 8.14. The molecule has 1 aliphatic heterocycles. The molecule has 0 bridgehead atoms. The van der Waals surface area contributed by atoms with Gasteiger partial charge in [-0.05, 0) is 61.4 Å². The van der Waals surface area contributed by atoms with E-state index in [0.717, 1.165) is 12.1 Å². The Morgan fingerprint density at radius 3 is 2.36 bits per heavy atom. The zero-order valence-corrected chi connectivity index (χ0v) is 19.7. The van der Waals surface area contributed by atoms with Crippen LogP contribution in [-0.2, 0) is 20.4 Å². The highest BCUT2D eigenvalue weighted by molar-refractivity contribution is 7.90. The molecule has 188 valence electrons. The van der Waals surface area contributed by atoms with Gasteiger partial charge in [-0.25, -0.2) is 13.2 Å². The van der Waals surface area contributed by atoms with Crippen molar-refractivity contribution in [2.24, 2.45) is 0 Å². The molecule has 3 aromatic rings. The number of amides is 1. The summed E-state index contributed by atoms with van der Waals surface area (Å²) in [5.74, 6) is -2.56. The molecule has 36 heavy (non-hydrogen) atoms. The molecule has 1 amide bonds. The molecule has 0 saturated carbocycles. The molecule has 1 aromatic heterocycles. The van der Waals surface area contributed by atoms with Gasteiger partial charge in [0.2, 0.25) is 0 Å². The van der Waals surface area contributed by atoms with Crippen molar-refractivity contribution in [3.8, 4) is 5.75 Å². The lowest BCUT2D eigenvalue weighted by Gasteiger charge is -2.10. The van der Waals surface area contributed by atoms with Gasteiger partial charge in [0.25, 0.3) is 5.91 Å². The van der Waals surface area contributed by atoms with Crippen molar-refractivity contribution in [3.63, 3.8) is 0 Å². The predicted molar refractivity (Wildman–Crippen MR) is 124 cm³/mol. The van der Waals surface area contributed by atoms with E-state index in [2.05, 4.69) is 15.0 Å². The van der Waals surface area contributed by atoms with Crippen LogP contribution in [0.25, 0.3) is 11.6 Å². The number of aryl methyl sites for hydroxylation is 1. The summed E-state index contributed by atoms with van der Waals surface area (Å²) in [5.41, 5.74) is 2.42. The number of rotatable bonds is 6. The number of aromatic carboxylic acids is 1. The van der Waals surface area contributed by atoms with E-state index in [0.29, 0.717) is 28.2 Å². The van der Waals surface area contributed by atoms with Crippen LogP contribution in [0.3, 0.4) is 0 Å². The Balaban J connectivity index is 1.65. The number of ether oxygens (including phenoxy) is 1. The number of halogens is 3. The van der Waals surface area contributed by atoms with Crippen LogP contribution in [0.1, 0.15) is 38.4 Å². The van der Waals surface area contributed by atoms with Gasteiger partial charge >= 0.3 is 12.3 Å². The smallest absolute Gasteiger partial charge is 0.478 e. The van der Waals surface area contributed by atoms with Crippen molar-refractivity contribution < 1.29 is 41.0 Å². The number of aromatic amines is 1. The van der Waals surface area contributed by atoms with E-state index in [4.69, 9.17) is 0 Å². The molecule has 0 saturated heterocycles. The van der Waals surface area contributed by atoms with Gasteiger partial charge in [0.15, 0.2) is 9.84 Å². The second kappa shape index (κ2) is 8.86. The minimum Gasteiger partial charge on any atom is -0.478 e. The third-order valence-electron chi connectivity index (χ3n) is 5.63. The second-order valence-corrected chi connectivity index (χ2v) is 10.1. The predicted octanol–water partition coefficient (Wildman–Crippen LogP) is 4.69. The van der Waals surface area contributed by atoms with Crippen molar-refractivity contribution in [2.45, 2.75) is 30.9 Å². The number of sulfone groups is 1. The van der Waals surface area contributed by atoms with Crippen molar-refractivity contribution in [1.29, 1.82) is 0 Å². The van der Waals surface area contributed by atoms with Crippen LogP contribution in [0.4, 0.5) is 18.9 Å². The minimum absolute atomic E-state index is 0.0865. The zero-order chi connectivity index (χ0) is 26.4. The first-order valence-corrected chi connectivity index (χ1v) is 12.1. The molecule has 0 radical (unpaired) electrons. The number of carbonyl (C=O) groups is 2. The molecule has 0 unspecified atom stereocenters. The van der Waals surface area contributed by atoms with Crippen LogP contribution < -0.4 is 10.1 Å². The molecule has 0 fully saturated rings. The first-order valence-electron chi connectivity index (χ1n) is 10.4. The summed E-state index contributed by atoms with van der Waals surface area (Å²) in [6, 6.07) is 8.59. The highest BCUT2D eigenvalue weighted by atomic mass is 32.2. The van der Waals surface area contributed by atoms with Gasteiger partial charge in [-0.15, -0.1) is 13.2 Å². The maximum Gasteiger partial charge on any atom is 0.573 e. The molecule has 2 heterocycles. The minimum atomic E-state index is -4.86. The van der Waals surface area contributed by atoms with Gasteiger partial charge in [0.05, 0.1) is 21.8 Å². The summed E-state index contributed by atoms with van der Waals surface area (Å²) in [4.78, 5) is 26.9. The van der Waals surface area contributed by atoms with Crippen molar-refractivity contribution in [1.82, 2.24) is 4.98 Å². The Morgan fingerprint density at radius 1 is 1.11 bits per heavy atom. The first kappa shape index (κ1) is 25.0. The van der Waals surface area contributed by atoms with Crippen LogP contribution in [0.5, 0.6) is 5.75 Å². The molecule has 3 N–H and O–H groups in total. The summed E-state index contributed by atoms with van der Waals surface area (Å²) in [5, 5.41) is 12.0. The maximum atomic E-state index is 13.0. The number of hydrogen-bond acceptors (Lipinski definition) is 5. The lowest BCUT2D eigenvalue weighted by atomic mass is 10.0. The molecule has 2 aromatic carbocycles. The fraction of sp³-hybridized carbons (Fsp3) is 0.167. The van der Waals surface area contributed by atoms with E-state index in [1.807, 2.05) is 0 Å². The average molecular weight is 520 g/mol. The lowest BCUT2D eigenvalue weighted by Crippen LogP contribution is -2.17. The standard InChI is InChI=1S/C24H19F3N2O6S/c1-12-20(28-13(2)21(12)23(31)32)10-18-17-9-16(7-8-19(17)29-22(18)30)36(33,34)11-14-3-5-15(6-4-14)35-24(25,26)27/h3-10,28H,11H2,1-2H3,(H,29,30)(H,31,32)/b18-10-. The van der Waals surface area contributed by atoms with Gasteiger partial charge in [0.1, 0.15) is 5.75 Å². The maximum absolute atomic E-state index is 13.0. The number of aromatic nitrogens is 1. The van der Waals surface area contributed by atoms with E-state index in [9.17, 15) is 36.3 Å². The highest BCUT2D eigenvalue weighted by Crippen LogP contribution is 2.36. The quantitative estimate of drug-likeness (QED) is 0.405. The highest BCUT2D eigenvalue weighted by Gasteiger charge is 2.31. The number of anilines is 1. The van der Waals surface area contributed by atoms with Crippen LogP contribution in [0, 0.1) is 13.8 Å². The molecular formula is C24H19F3N2O6S. The molecule has 8 nitrogen and oxygen atoms in total. The van der Waals surface area contributed by atoms with E-state index in [1.165, 1.54) is 36.4 Å². The molecule has 12 heteroatoms. The van der Waals surface area contributed by atoms with E-state index in [1.54, 1.807) is 13.8 Å². The SMILES string of the molecule is Cc1[nH]c(/C=C2\C(=O)Nc3ccc(S(=O)(=O)Cc4ccc(OC(F)(F)F)cc4)cc32)c(C)c1C(=O)O. The normalized spacial score (nSPS) is 14.6. The van der Waals surface area contributed by atoms with Crippen molar-refractivity contribution in [3.05, 3.63) is 76.1 Å². The van der Waals surface area contributed by atoms with Gasteiger partial charge < -0.3 is 20.1 Å². The summed E-state index contributed by atoms with van der Waals surface area (Å²) >= 11 is 0. The molecular weight excluding hydrogens is 501 g/mol. The number of fused-ring (bicyclic) bond motifs is 1. The zero-order valence-electron chi connectivity index (χ0n) is 18.9. The fourth-order valence-corrected chi connectivity index (χ4v) is 5.35. The van der Waals surface area contributed by atoms with Crippen molar-refractivity contribution in [2.75, 3.05) is 5.32 Å². The van der Waals surface area contributed by atoms with Crippen LogP contribution in [0.15, 0.2) is 47.4 Å². The summed E-state index contributed by atoms with van der Waals surface area (Å²) in [6.45, 7) is 3.19. The van der Waals surface area contributed by atoms with Crippen molar-refractivity contribution >= 4 is 39.1 Å². The molecule has 0 spiro atoms. The third-order valence-corrected chi connectivity index (χ3v) is 7.31. The number of alkyl halides is 3. The summed E-state index contributed by atoms with van der Waals surface area (Å²) in [7, 11) is -3.93. The number of benzene rings is 2. The van der Waals surface area contributed by atoms with E-state index >= 15 is 0 Å². The van der Waals surface area contributed by atoms with E-state index in [-0.39, 0.29) is 21.6 Å².